The molecule has 0 saturated carbocycles. The van der Waals surface area contributed by atoms with Gasteiger partial charge in [0.15, 0.2) is 0 Å². The summed E-state index contributed by atoms with van der Waals surface area (Å²) < 4.78 is 0. The number of hydrogen-bond acceptors (Lipinski definition) is 2. The smallest absolute Gasteiger partial charge is 0.253 e. The Hall–Kier alpha value is -1.35. The van der Waals surface area contributed by atoms with Crippen LogP contribution in [0.5, 0.6) is 0 Å². The molecule has 1 amide bonds. The molecule has 3 nitrogen and oxygen atoms in total. The Morgan fingerprint density at radius 3 is 2.45 bits per heavy atom. The van der Waals surface area contributed by atoms with E-state index in [2.05, 4.69) is 19.1 Å². The lowest BCUT2D eigenvalue weighted by Gasteiger charge is -2.31. The van der Waals surface area contributed by atoms with Crippen molar-refractivity contribution in [1.29, 1.82) is 0 Å². The van der Waals surface area contributed by atoms with E-state index in [4.69, 9.17) is 5.11 Å². The molecule has 1 aliphatic heterocycles. The van der Waals surface area contributed by atoms with Gasteiger partial charge in [0.25, 0.3) is 5.91 Å². The SMILES string of the molecule is CCCCc1ccc(C(=O)N2CCC(CO)CC2)cc1. The van der Waals surface area contributed by atoms with Crippen molar-refractivity contribution >= 4 is 5.91 Å². The fourth-order valence-corrected chi connectivity index (χ4v) is 2.70. The second-order valence-electron chi connectivity index (χ2n) is 5.72. The van der Waals surface area contributed by atoms with E-state index in [1.54, 1.807) is 0 Å². The maximum Gasteiger partial charge on any atom is 0.253 e. The number of aliphatic hydroxyl groups excluding tert-OH is 1. The number of aryl methyl sites for hydroxylation is 1. The minimum Gasteiger partial charge on any atom is -0.396 e. The summed E-state index contributed by atoms with van der Waals surface area (Å²) in [6, 6.07) is 8.05. The van der Waals surface area contributed by atoms with Gasteiger partial charge in [0.1, 0.15) is 0 Å². The average molecular weight is 275 g/mol. The predicted molar refractivity (Wildman–Crippen MR) is 80.8 cm³/mol. The number of benzene rings is 1. The number of piperidine rings is 1. The molecule has 110 valence electrons. The summed E-state index contributed by atoms with van der Waals surface area (Å²) in [4.78, 5) is 14.3. The minimum atomic E-state index is 0.128. The molecule has 3 heteroatoms. The number of nitrogens with zero attached hydrogens (tertiary/aromatic N) is 1. The van der Waals surface area contributed by atoms with Gasteiger partial charge in [0.05, 0.1) is 0 Å². The molecular formula is C17H25NO2. The van der Waals surface area contributed by atoms with Gasteiger partial charge in [-0.1, -0.05) is 25.5 Å². The normalized spacial score (nSPS) is 16.4. The average Bonchev–Trinajstić information content (AvgIpc) is 2.53. The van der Waals surface area contributed by atoms with Crippen molar-refractivity contribution in [3.8, 4) is 0 Å². The number of rotatable bonds is 5. The lowest BCUT2D eigenvalue weighted by atomic mass is 9.97. The van der Waals surface area contributed by atoms with Crippen molar-refractivity contribution in [2.75, 3.05) is 19.7 Å². The summed E-state index contributed by atoms with van der Waals surface area (Å²) in [5.74, 6) is 0.499. The van der Waals surface area contributed by atoms with E-state index in [0.717, 1.165) is 37.9 Å². The van der Waals surface area contributed by atoms with E-state index in [1.807, 2.05) is 17.0 Å². The van der Waals surface area contributed by atoms with Crippen LogP contribution in [-0.2, 0) is 6.42 Å². The molecule has 0 bridgehead atoms. The van der Waals surface area contributed by atoms with Crippen molar-refractivity contribution in [3.05, 3.63) is 35.4 Å². The lowest BCUT2D eigenvalue weighted by molar-refractivity contribution is 0.0651. The quantitative estimate of drug-likeness (QED) is 0.897. The molecule has 0 unspecified atom stereocenters. The second kappa shape index (κ2) is 7.44. The highest BCUT2D eigenvalue weighted by Gasteiger charge is 2.22. The zero-order valence-corrected chi connectivity index (χ0v) is 12.3. The van der Waals surface area contributed by atoms with Gasteiger partial charge >= 0.3 is 0 Å². The van der Waals surface area contributed by atoms with Gasteiger partial charge < -0.3 is 10.0 Å². The van der Waals surface area contributed by atoms with Crippen LogP contribution in [0.25, 0.3) is 0 Å². The Morgan fingerprint density at radius 2 is 1.90 bits per heavy atom. The first-order chi connectivity index (χ1) is 9.74. The number of hydrogen-bond donors (Lipinski definition) is 1. The van der Waals surface area contributed by atoms with Crippen LogP contribution < -0.4 is 0 Å². The molecule has 1 N–H and O–H groups in total. The molecule has 1 aromatic rings. The Morgan fingerprint density at radius 1 is 1.25 bits per heavy atom. The number of unbranched alkanes of at least 4 members (excludes halogenated alkanes) is 1. The number of aliphatic hydroxyl groups is 1. The van der Waals surface area contributed by atoms with Crippen molar-refractivity contribution in [2.24, 2.45) is 5.92 Å². The van der Waals surface area contributed by atoms with E-state index in [1.165, 1.54) is 18.4 Å². The first-order valence-electron chi connectivity index (χ1n) is 7.73. The third-order valence-corrected chi connectivity index (χ3v) is 4.18. The van der Waals surface area contributed by atoms with Crippen molar-refractivity contribution in [2.45, 2.75) is 39.0 Å². The van der Waals surface area contributed by atoms with Gasteiger partial charge in [0.2, 0.25) is 0 Å². The standard InChI is InChI=1S/C17H25NO2/c1-2-3-4-14-5-7-16(8-6-14)17(20)18-11-9-15(13-19)10-12-18/h5-8,15,19H,2-4,9-13H2,1H3. The highest BCUT2D eigenvalue weighted by molar-refractivity contribution is 5.94. The Balaban J connectivity index is 1.92. The summed E-state index contributed by atoms with van der Waals surface area (Å²) in [6.07, 6.45) is 5.31. The Kier molecular flexibility index (Phi) is 5.60. The maximum absolute atomic E-state index is 12.4. The van der Waals surface area contributed by atoms with Crippen LogP contribution in [-0.4, -0.2) is 35.6 Å². The van der Waals surface area contributed by atoms with Crippen LogP contribution >= 0.6 is 0 Å². The van der Waals surface area contributed by atoms with Gasteiger partial charge in [-0.25, -0.2) is 0 Å². The summed E-state index contributed by atoms with van der Waals surface area (Å²) in [7, 11) is 0. The Bertz CT molecular complexity index is 419. The second-order valence-corrected chi connectivity index (χ2v) is 5.72. The van der Waals surface area contributed by atoms with Gasteiger partial charge in [-0.2, -0.15) is 0 Å². The maximum atomic E-state index is 12.4. The molecule has 0 atom stereocenters. The van der Waals surface area contributed by atoms with Crippen LogP contribution in [0.4, 0.5) is 0 Å². The molecule has 20 heavy (non-hydrogen) atoms. The van der Waals surface area contributed by atoms with Gasteiger partial charge in [-0.05, 0) is 49.3 Å². The highest BCUT2D eigenvalue weighted by atomic mass is 16.3. The summed E-state index contributed by atoms with van der Waals surface area (Å²) in [5.41, 5.74) is 2.09. The van der Waals surface area contributed by atoms with Crippen LogP contribution in [0.2, 0.25) is 0 Å². The monoisotopic (exact) mass is 275 g/mol. The number of likely N-dealkylation sites (tertiary alicyclic amines) is 1. The zero-order valence-electron chi connectivity index (χ0n) is 12.3. The zero-order chi connectivity index (χ0) is 14.4. The van der Waals surface area contributed by atoms with Crippen LogP contribution in [0, 0.1) is 5.92 Å². The molecule has 1 aliphatic rings. The molecule has 1 saturated heterocycles. The lowest BCUT2D eigenvalue weighted by Crippen LogP contribution is -2.39. The number of amides is 1. The third kappa shape index (κ3) is 3.83. The highest BCUT2D eigenvalue weighted by Crippen LogP contribution is 2.19. The topological polar surface area (TPSA) is 40.5 Å². The molecule has 1 fully saturated rings. The third-order valence-electron chi connectivity index (χ3n) is 4.18. The minimum absolute atomic E-state index is 0.128. The summed E-state index contributed by atoms with van der Waals surface area (Å²) in [5, 5.41) is 9.13. The molecule has 1 heterocycles. The predicted octanol–water partition coefficient (Wildman–Crippen LogP) is 2.87. The summed E-state index contributed by atoms with van der Waals surface area (Å²) in [6.45, 7) is 3.96. The van der Waals surface area contributed by atoms with Crippen molar-refractivity contribution in [3.63, 3.8) is 0 Å². The van der Waals surface area contributed by atoms with Crippen molar-refractivity contribution < 1.29 is 9.90 Å². The number of carbonyl (C=O) groups is 1. The van der Waals surface area contributed by atoms with Crippen LogP contribution in [0.3, 0.4) is 0 Å². The van der Waals surface area contributed by atoms with Crippen LogP contribution in [0.15, 0.2) is 24.3 Å². The molecule has 0 aromatic heterocycles. The largest absolute Gasteiger partial charge is 0.396 e. The molecule has 2 rings (SSSR count). The fourth-order valence-electron chi connectivity index (χ4n) is 2.70. The molecule has 0 spiro atoms. The molecule has 0 radical (unpaired) electrons. The molecular weight excluding hydrogens is 250 g/mol. The molecule has 0 aliphatic carbocycles. The van der Waals surface area contributed by atoms with E-state index in [9.17, 15) is 4.79 Å². The van der Waals surface area contributed by atoms with E-state index in [-0.39, 0.29) is 12.5 Å². The Labute approximate surface area is 121 Å². The molecule has 1 aromatic carbocycles. The van der Waals surface area contributed by atoms with Gasteiger partial charge in [-0.3, -0.25) is 4.79 Å². The van der Waals surface area contributed by atoms with Crippen molar-refractivity contribution in [1.82, 2.24) is 4.90 Å². The van der Waals surface area contributed by atoms with Gasteiger partial charge in [-0.15, -0.1) is 0 Å². The van der Waals surface area contributed by atoms with E-state index < -0.39 is 0 Å². The first kappa shape index (κ1) is 15.0. The first-order valence-corrected chi connectivity index (χ1v) is 7.73. The van der Waals surface area contributed by atoms with Crippen LogP contribution in [0.1, 0.15) is 48.5 Å². The van der Waals surface area contributed by atoms with E-state index in [0.29, 0.717) is 5.92 Å². The summed E-state index contributed by atoms with van der Waals surface area (Å²) >= 11 is 0. The number of carbonyl (C=O) groups excluding carboxylic acids is 1. The van der Waals surface area contributed by atoms with Gasteiger partial charge in [0, 0.05) is 25.3 Å². The fraction of sp³-hybridized carbons (Fsp3) is 0.588. The van der Waals surface area contributed by atoms with E-state index >= 15 is 0 Å².